The molecule has 0 radical (unpaired) electrons. The van der Waals surface area contributed by atoms with Crippen LogP contribution in [0.25, 0.3) is 5.70 Å². The van der Waals surface area contributed by atoms with Crippen LogP contribution in [-0.2, 0) is 0 Å². The van der Waals surface area contributed by atoms with Crippen LogP contribution in [0.2, 0.25) is 0 Å². The van der Waals surface area contributed by atoms with Crippen LogP contribution in [0, 0.1) is 28.6 Å². The standard InChI is InChI=1S/C21H29N3/c1-20-11-4-3-5-15(20)6-7-16-17-8-9-19(24-14-22-13-23-24)21(17,2)12-10-18(16)20/h6,9,13-14,16-18H,3-5,7-8,10-12H2,1-2H3/t16?,17?,18?,20-,21-/m0/s1. The van der Waals surface area contributed by atoms with Gasteiger partial charge in [-0.05, 0) is 68.1 Å². The number of fused-ring (bicyclic) bond motifs is 5. The highest BCUT2D eigenvalue weighted by Crippen LogP contribution is 2.65. The third-order valence-electron chi connectivity index (χ3n) is 8.22. The molecule has 1 aromatic heterocycles. The lowest BCUT2D eigenvalue weighted by atomic mass is 9.48. The number of hydrogen-bond donors (Lipinski definition) is 0. The van der Waals surface area contributed by atoms with E-state index in [2.05, 4.69) is 36.1 Å². The SMILES string of the molecule is C[C@]12CCCCC1=CCC1C2CC[C@]2(C)C(n3cncn3)=CCC12. The predicted molar refractivity (Wildman–Crippen MR) is 96.0 cm³/mol. The first-order valence-corrected chi connectivity index (χ1v) is 9.88. The minimum Gasteiger partial charge on any atom is -0.225 e. The molecule has 5 rings (SSSR count). The van der Waals surface area contributed by atoms with Crippen LogP contribution in [0.1, 0.15) is 65.2 Å². The zero-order valence-corrected chi connectivity index (χ0v) is 15.0. The van der Waals surface area contributed by atoms with E-state index in [0.717, 1.165) is 17.8 Å². The highest BCUT2D eigenvalue weighted by Gasteiger charge is 2.56. The minimum absolute atomic E-state index is 0.283. The van der Waals surface area contributed by atoms with Crippen molar-refractivity contribution in [2.75, 3.05) is 0 Å². The largest absolute Gasteiger partial charge is 0.225 e. The molecule has 1 heterocycles. The molecule has 0 aliphatic heterocycles. The van der Waals surface area contributed by atoms with Gasteiger partial charge >= 0.3 is 0 Å². The summed E-state index contributed by atoms with van der Waals surface area (Å²) in [6.45, 7) is 5.09. The molecule has 0 aromatic carbocycles. The summed E-state index contributed by atoms with van der Waals surface area (Å²) in [4.78, 5) is 4.18. The van der Waals surface area contributed by atoms with Crippen LogP contribution in [0.15, 0.2) is 30.4 Å². The van der Waals surface area contributed by atoms with E-state index in [1.54, 1.807) is 11.9 Å². The third kappa shape index (κ3) is 1.84. The van der Waals surface area contributed by atoms with Crippen molar-refractivity contribution >= 4 is 5.70 Å². The monoisotopic (exact) mass is 323 g/mol. The van der Waals surface area contributed by atoms with Gasteiger partial charge in [0, 0.05) is 11.1 Å². The number of aromatic nitrogens is 3. The van der Waals surface area contributed by atoms with Gasteiger partial charge in [0.05, 0.1) is 0 Å². The van der Waals surface area contributed by atoms with E-state index in [4.69, 9.17) is 0 Å². The van der Waals surface area contributed by atoms with E-state index in [0.29, 0.717) is 5.41 Å². The lowest BCUT2D eigenvalue weighted by Gasteiger charge is -2.57. The second-order valence-electron chi connectivity index (χ2n) is 9.09. The van der Waals surface area contributed by atoms with Crippen LogP contribution in [0.5, 0.6) is 0 Å². The Morgan fingerprint density at radius 2 is 1.96 bits per heavy atom. The zero-order valence-electron chi connectivity index (χ0n) is 15.0. The molecule has 0 saturated heterocycles. The van der Waals surface area contributed by atoms with Crippen LogP contribution in [-0.4, -0.2) is 14.8 Å². The number of rotatable bonds is 1. The number of allylic oxidation sites excluding steroid dienone is 4. The van der Waals surface area contributed by atoms with Gasteiger partial charge in [-0.2, -0.15) is 5.10 Å². The first-order chi connectivity index (χ1) is 11.6. The number of nitrogens with zero attached hydrogens (tertiary/aromatic N) is 3. The fourth-order valence-electron chi connectivity index (χ4n) is 6.93. The Morgan fingerprint density at radius 1 is 1.04 bits per heavy atom. The van der Waals surface area contributed by atoms with Gasteiger partial charge in [0.2, 0.25) is 0 Å². The van der Waals surface area contributed by atoms with Gasteiger partial charge in [0.1, 0.15) is 12.7 Å². The first-order valence-electron chi connectivity index (χ1n) is 9.88. The van der Waals surface area contributed by atoms with E-state index in [-0.39, 0.29) is 5.41 Å². The van der Waals surface area contributed by atoms with Crippen molar-refractivity contribution in [2.24, 2.45) is 28.6 Å². The summed E-state index contributed by atoms with van der Waals surface area (Å²) in [5.74, 6) is 2.54. The van der Waals surface area contributed by atoms with Crippen molar-refractivity contribution in [3.8, 4) is 0 Å². The van der Waals surface area contributed by atoms with E-state index in [1.807, 2.05) is 11.0 Å². The Labute approximate surface area is 145 Å². The van der Waals surface area contributed by atoms with Crippen LogP contribution in [0.3, 0.4) is 0 Å². The van der Waals surface area contributed by atoms with Crippen LogP contribution in [0.4, 0.5) is 0 Å². The van der Waals surface area contributed by atoms with Gasteiger partial charge in [0.15, 0.2) is 0 Å². The maximum Gasteiger partial charge on any atom is 0.138 e. The molecule has 0 bridgehead atoms. The molecule has 1 aromatic rings. The highest BCUT2D eigenvalue weighted by atomic mass is 15.3. The van der Waals surface area contributed by atoms with Crippen molar-refractivity contribution in [1.29, 1.82) is 0 Å². The number of hydrogen-bond acceptors (Lipinski definition) is 2. The Kier molecular flexibility index (Phi) is 3.15. The van der Waals surface area contributed by atoms with Gasteiger partial charge in [-0.1, -0.05) is 38.0 Å². The predicted octanol–water partition coefficient (Wildman–Crippen LogP) is 5.08. The molecule has 0 spiro atoms. The molecule has 2 fully saturated rings. The van der Waals surface area contributed by atoms with Gasteiger partial charge in [-0.15, -0.1) is 0 Å². The highest BCUT2D eigenvalue weighted by molar-refractivity contribution is 5.55. The summed E-state index contributed by atoms with van der Waals surface area (Å²) in [5.41, 5.74) is 4.00. The van der Waals surface area contributed by atoms with Crippen LogP contribution < -0.4 is 0 Å². The van der Waals surface area contributed by atoms with E-state index in [9.17, 15) is 0 Å². The first kappa shape index (κ1) is 14.9. The fraction of sp³-hybridized carbons (Fsp3) is 0.714. The van der Waals surface area contributed by atoms with Crippen LogP contribution >= 0.6 is 0 Å². The zero-order chi connectivity index (χ0) is 16.4. The minimum atomic E-state index is 0.283. The lowest BCUT2D eigenvalue weighted by Crippen LogP contribution is -2.49. The summed E-state index contributed by atoms with van der Waals surface area (Å²) in [6.07, 6.45) is 19.5. The van der Waals surface area contributed by atoms with Crippen molar-refractivity contribution < 1.29 is 0 Å². The molecule has 3 unspecified atom stereocenters. The van der Waals surface area contributed by atoms with Gasteiger partial charge in [0.25, 0.3) is 0 Å². The van der Waals surface area contributed by atoms with E-state index < -0.39 is 0 Å². The molecule has 0 N–H and O–H groups in total. The molecule has 0 amide bonds. The smallest absolute Gasteiger partial charge is 0.138 e. The summed E-state index contributed by atoms with van der Waals surface area (Å²) in [5, 5.41) is 4.44. The summed E-state index contributed by atoms with van der Waals surface area (Å²) in [7, 11) is 0. The average Bonchev–Trinajstić information content (AvgIpc) is 3.20. The lowest BCUT2D eigenvalue weighted by molar-refractivity contribution is -0.0115. The maximum atomic E-state index is 4.44. The van der Waals surface area contributed by atoms with E-state index >= 15 is 0 Å². The molecular formula is C21H29N3. The Bertz CT molecular complexity index is 701. The molecule has 4 aliphatic rings. The summed E-state index contributed by atoms with van der Waals surface area (Å²) in [6, 6.07) is 0. The topological polar surface area (TPSA) is 30.7 Å². The van der Waals surface area contributed by atoms with Gasteiger partial charge in [-0.3, -0.25) is 0 Å². The quantitative estimate of drug-likeness (QED) is 0.675. The van der Waals surface area contributed by atoms with Crippen molar-refractivity contribution in [3.05, 3.63) is 30.4 Å². The Morgan fingerprint density at radius 3 is 2.79 bits per heavy atom. The molecule has 3 nitrogen and oxygen atoms in total. The summed E-state index contributed by atoms with van der Waals surface area (Å²) < 4.78 is 2.03. The van der Waals surface area contributed by atoms with Crippen molar-refractivity contribution in [3.63, 3.8) is 0 Å². The molecule has 2 saturated carbocycles. The van der Waals surface area contributed by atoms with E-state index in [1.165, 1.54) is 57.1 Å². The van der Waals surface area contributed by atoms with Gasteiger partial charge < -0.3 is 0 Å². The molecule has 5 atom stereocenters. The average molecular weight is 323 g/mol. The summed E-state index contributed by atoms with van der Waals surface area (Å²) >= 11 is 0. The molecule has 24 heavy (non-hydrogen) atoms. The normalized spacial score (nSPS) is 44.2. The fourth-order valence-corrected chi connectivity index (χ4v) is 6.93. The second-order valence-corrected chi connectivity index (χ2v) is 9.09. The Balaban J connectivity index is 1.50. The molecule has 128 valence electrons. The van der Waals surface area contributed by atoms with Crippen molar-refractivity contribution in [2.45, 2.75) is 65.2 Å². The molecule has 3 heteroatoms. The third-order valence-corrected chi connectivity index (χ3v) is 8.22. The Hall–Kier alpha value is -1.38. The molecular weight excluding hydrogens is 294 g/mol. The maximum absolute atomic E-state index is 4.44. The molecule has 4 aliphatic carbocycles. The van der Waals surface area contributed by atoms with Gasteiger partial charge in [-0.25, -0.2) is 9.67 Å². The van der Waals surface area contributed by atoms with Crippen molar-refractivity contribution in [1.82, 2.24) is 14.8 Å². The second kappa shape index (κ2) is 5.06.